The third kappa shape index (κ3) is 5.88. The summed E-state index contributed by atoms with van der Waals surface area (Å²) in [5.74, 6) is 1.60. The standard InChI is InChI=1S/C18H34O4/c1-7-16-14(5)13(4)15(6)18(21-16)22-17(19)9-11-20-10-8-12(2)3/h12-16,18H,7-11H2,1-6H3/t13?,14-,15-,16?,18?/m1/s1. The van der Waals surface area contributed by atoms with Crippen LogP contribution in [0.1, 0.15) is 60.8 Å². The van der Waals surface area contributed by atoms with Crippen LogP contribution in [-0.4, -0.2) is 31.6 Å². The first-order chi connectivity index (χ1) is 10.4. The molecule has 1 fully saturated rings. The highest BCUT2D eigenvalue weighted by atomic mass is 16.7. The minimum absolute atomic E-state index is 0.172. The van der Waals surface area contributed by atoms with Gasteiger partial charge in [0.15, 0.2) is 0 Å². The molecular weight excluding hydrogens is 280 g/mol. The Morgan fingerprint density at radius 3 is 2.36 bits per heavy atom. The lowest BCUT2D eigenvalue weighted by atomic mass is 9.78. The molecular formula is C18H34O4. The highest BCUT2D eigenvalue weighted by molar-refractivity contribution is 5.69. The van der Waals surface area contributed by atoms with Gasteiger partial charge >= 0.3 is 5.97 Å². The average Bonchev–Trinajstić information content (AvgIpc) is 2.47. The molecule has 1 heterocycles. The van der Waals surface area contributed by atoms with Crippen LogP contribution < -0.4 is 0 Å². The maximum Gasteiger partial charge on any atom is 0.310 e. The van der Waals surface area contributed by atoms with Crippen LogP contribution in [0.2, 0.25) is 0 Å². The van der Waals surface area contributed by atoms with E-state index in [2.05, 4.69) is 41.5 Å². The Morgan fingerprint density at radius 2 is 1.77 bits per heavy atom. The van der Waals surface area contributed by atoms with Crippen molar-refractivity contribution in [3.8, 4) is 0 Å². The molecule has 0 aliphatic carbocycles. The molecule has 0 N–H and O–H groups in total. The molecule has 5 atom stereocenters. The maximum absolute atomic E-state index is 12.0. The molecule has 22 heavy (non-hydrogen) atoms. The van der Waals surface area contributed by atoms with Crippen molar-refractivity contribution in [2.75, 3.05) is 13.2 Å². The highest BCUT2D eigenvalue weighted by Crippen LogP contribution is 2.36. The van der Waals surface area contributed by atoms with Gasteiger partial charge in [-0.25, -0.2) is 0 Å². The van der Waals surface area contributed by atoms with E-state index in [1.54, 1.807) is 0 Å². The van der Waals surface area contributed by atoms with E-state index in [1.807, 2.05) is 0 Å². The molecule has 0 saturated carbocycles. The quantitative estimate of drug-likeness (QED) is 0.501. The van der Waals surface area contributed by atoms with Crippen LogP contribution in [0.5, 0.6) is 0 Å². The Bertz CT molecular complexity index is 327. The van der Waals surface area contributed by atoms with Gasteiger partial charge < -0.3 is 14.2 Å². The van der Waals surface area contributed by atoms with Crippen LogP contribution in [0.25, 0.3) is 0 Å². The molecule has 0 bridgehead atoms. The number of hydrogen-bond donors (Lipinski definition) is 0. The Labute approximate surface area is 135 Å². The van der Waals surface area contributed by atoms with Gasteiger partial charge in [-0.1, -0.05) is 41.5 Å². The fraction of sp³-hybridized carbons (Fsp3) is 0.944. The first-order valence-corrected chi connectivity index (χ1v) is 8.79. The van der Waals surface area contributed by atoms with Crippen LogP contribution in [-0.2, 0) is 19.0 Å². The van der Waals surface area contributed by atoms with Gasteiger partial charge in [-0.05, 0) is 30.6 Å². The number of rotatable bonds is 8. The molecule has 1 aliphatic rings. The summed E-state index contributed by atoms with van der Waals surface area (Å²) in [4.78, 5) is 12.0. The minimum Gasteiger partial charge on any atom is -0.435 e. The summed E-state index contributed by atoms with van der Waals surface area (Å²) in [5, 5.41) is 0. The Morgan fingerprint density at radius 1 is 1.09 bits per heavy atom. The van der Waals surface area contributed by atoms with Crippen LogP contribution >= 0.6 is 0 Å². The zero-order valence-corrected chi connectivity index (χ0v) is 15.1. The molecule has 0 aromatic heterocycles. The van der Waals surface area contributed by atoms with E-state index in [-0.39, 0.29) is 18.0 Å². The Balaban J connectivity index is 2.33. The summed E-state index contributed by atoms with van der Waals surface area (Å²) in [7, 11) is 0. The van der Waals surface area contributed by atoms with Crippen LogP contribution in [0, 0.1) is 23.7 Å². The van der Waals surface area contributed by atoms with E-state index in [9.17, 15) is 4.79 Å². The summed E-state index contributed by atoms with van der Waals surface area (Å²) < 4.78 is 17.0. The van der Waals surface area contributed by atoms with Crippen molar-refractivity contribution >= 4 is 5.97 Å². The van der Waals surface area contributed by atoms with Crippen LogP contribution in [0.3, 0.4) is 0 Å². The third-order valence-corrected chi connectivity index (χ3v) is 4.92. The lowest BCUT2D eigenvalue weighted by Gasteiger charge is -2.42. The Hall–Kier alpha value is -0.610. The molecule has 1 saturated heterocycles. The summed E-state index contributed by atoms with van der Waals surface area (Å²) in [5.41, 5.74) is 0. The van der Waals surface area contributed by atoms with Gasteiger partial charge in [0.05, 0.1) is 19.1 Å². The van der Waals surface area contributed by atoms with Gasteiger partial charge in [-0.3, -0.25) is 4.79 Å². The van der Waals surface area contributed by atoms with Crippen molar-refractivity contribution in [1.82, 2.24) is 0 Å². The molecule has 0 radical (unpaired) electrons. The van der Waals surface area contributed by atoms with E-state index in [4.69, 9.17) is 14.2 Å². The molecule has 130 valence electrons. The molecule has 3 unspecified atom stereocenters. The minimum atomic E-state index is -0.417. The number of ether oxygens (including phenoxy) is 3. The van der Waals surface area contributed by atoms with E-state index >= 15 is 0 Å². The average molecular weight is 314 g/mol. The SMILES string of the molecule is CCC1OC(OC(=O)CCOCCC(C)C)[C@H](C)C(C)[C@H]1C. The molecule has 4 nitrogen and oxygen atoms in total. The monoisotopic (exact) mass is 314 g/mol. The van der Waals surface area contributed by atoms with Crippen molar-refractivity contribution in [3.63, 3.8) is 0 Å². The predicted molar refractivity (Wildman–Crippen MR) is 87.4 cm³/mol. The first kappa shape index (κ1) is 19.4. The van der Waals surface area contributed by atoms with Crippen molar-refractivity contribution in [2.24, 2.45) is 23.7 Å². The molecule has 0 aromatic rings. The maximum atomic E-state index is 12.0. The molecule has 1 rings (SSSR count). The van der Waals surface area contributed by atoms with Gasteiger partial charge in [-0.15, -0.1) is 0 Å². The van der Waals surface area contributed by atoms with E-state index < -0.39 is 6.29 Å². The largest absolute Gasteiger partial charge is 0.435 e. The second-order valence-corrected chi connectivity index (χ2v) is 7.06. The third-order valence-electron chi connectivity index (χ3n) is 4.92. The molecule has 1 aliphatic heterocycles. The summed E-state index contributed by atoms with van der Waals surface area (Å²) in [6.07, 6.45) is 2.02. The number of carbonyl (C=O) groups excluding carboxylic acids is 1. The Kier molecular flexibility index (Phi) is 8.40. The second kappa shape index (κ2) is 9.51. The summed E-state index contributed by atoms with van der Waals surface area (Å²) >= 11 is 0. The van der Waals surface area contributed by atoms with Crippen molar-refractivity contribution in [2.45, 2.75) is 73.2 Å². The van der Waals surface area contributed by atoms with E-state index in [1.165, 1.54) is 0 Å². The van der Waals surface area contributed by atoms with Crippen LogP contribution in [0.4, 0.5) is 0 Å². The topological polar surface area (TPSA) is 44.8 Å². The van der Waals surface area contributed by atoms with Gasteiger partial charge in [0, 0.05) is 12.5 Å². The molecule has 0 amide bonds. The zero-order valence-electron chi connectivity index (χ0n) is 15.1. The normalized spacial score (nSPS) is 32.2. The number of esters is 1. The van der Waals surface area contributed by atoms with Gasteiger partial charge in [-0.2, -0.15) is 0 Å². The smallest absolute Gasteiger partial charge is 0.310 e. The molecule has 4 heteroatoms. The summed E-state index contributed by atoms with van der Waals surface area (Å²) in [6.45, 7) is 14.1. The lowest BCUT2D eigenvalue weighted by molar-refractivity contribution is -0.243. The predicted octanol–water partition coefficient (Wildman–Crippen LogP) is 4.03. The highest BCUT2D eigenvalue weighted by Gasteiger charge is 2.40. The van der Waals surface area contributed by atoms with Crippen molar-refractivity contribution in [3.05, 3.63) is 0 Å². The fourth-order valence-corrected chi connectivity index (χ4v) is 2.85. The van der Waals surface area contributed by atoms with Crippen molar-refractivity contribution < 1.29 is 19.0 Å². The van der Waals surface area contributed by atoms with Gasteiger partial charge in [0.1, 0.15) is 0 Å². The van der Waals surface area contributed by atoms with E-state index in [0.29, 0.717) is 37.4 Å². The van der Waals surface area contributed by atoms with Crippen LogP contribution in [0.15, 0.2) is 0 Å². The first-order valence-electron chi connectivity index (χ1n) is 8.79. The zero-order chi connectivity index (χ0) is 16.7. The van der Waals surface area contributed by atoms with Crippen molar-refractivity contribution in [1.29, 1.82) is 0 Å². The lowest BCUT2D eigenvalue weighted by Crippen LogP contribution is -2.46. The van der Waals surface area contributed by atoms with Gasteiger partial charge in [0.25, 0.3) is 0 Å². The molecule has 0 spiro atoms. The second-order valence-electron chi connectivity index (χ2n) is 7.06. The number of carbonyl (C=O) groups is 1. The molecule has 0 aromatic carbocycles. The van der Waals surface area contributed by atoms with E-state index in [0.717, 1.165) is 12.8 Å². The fourth-order valence-electron chi connectivity index (χ4n) is 2.85. The number of hydrogen-bond acceptors (Lipinski definition) is 4. The summed E-state index contributed by atoms with van der Waals surface area (Å²) in [6, 6.07) is 0. The van der Waals surface area contributed by atoms with Gasteiger partial charge in [0.2, 0.25) is 6.29 Å².